The molecular formula is C29H33N3O4S. The molecular weight excluding hydrogens is 486 g/mol. The molecule has 0 amide bonds. The Balaban J connectivity index is 1.46. The molecule has 5 aliphatic rings. The standard InChI is InChI=1S/C29H33N3O4S/c1-3-11-29(33)12-10-23-21-7-4-17-13-19(30-31-27(37)32-34)6-8-20(17)26(21)22(15-28(23,29)2)18-5-9-24-25(14-18)36-16-35-24/h5,9,13-14,21-23,33-34H,4,6-8,10,12,15-16H2,1-2H3,(H2,31,32,37)/t21-,22+,23-,28-,29-/m0/s1. The first-order valence-corrected chi connectivity index (χ1v) is 13.5. The van der Waals surface area contributed by atoms with E-state index in [1.165, 1.54) is 22.3 Å². The van der Waals surface area contributed by atoms with Crippen LogP contribution in [0.15, 0.2) is 46.1 Å². The van der Waals surface area contributed by atoms with Crippen molar-refractivity contribution >= 4 is 23.0 Å². The summed E-state index contributed by atoms with van der Waals surface area (Å²) in [7, 11) is 0. The SMILES string of the molecule is CC#C[C@]1(O)CC[C@H]2[C@@H]3CCC4=CC(=NNC(=S)NO)CCC4=C3[C@@H](c3ccc4c(c3)OCO4)C[C@@]21C. The number of allylic oxidation sites excluding steroid dienone is 4. The van der Waals surface area contributed by atoms with Gasteiger partial charge < -0.3 is 14.6 Å². The first kappa shape index (κ1) is 24.5. The molecule has 0 spiro atoms. The zero-order valence-electron chi connectivity index (χ0n) is 21.3. The molecule has 4 aliphatic carbocycles. The molecule has 0 aromatic heterocycles. The number of aliphatic hydroxyl groups is 1. The van der Waals surface area contributed by atoms with E-state index in [0.717, 1.165) is 62.2 Å². The summed E-state index contributed by atoms with van der Waals surface area (Å²) >= 11 is 4.95. The van der Waals surface area contributed by atoms with Crippen LogP contribution in [-0.2, 0) is 0 Å². The lowest BCUT2D eigenvalue weighted by Gasteiger charge is -2.53. The van der Waals surface area contributed by atoms with Crippen LogP contribution in [0.3, 0.4) is 0 Å². The summed E-state index contributed by atoms with van der Waals surface area (Å²) in [5, 5.41) is 25.3. The Morgan fingerprint density at radius 1 is 1.19 bits per heavy atom. The summed E-state index contributed by atoms with van der Waals surface area (Å²) in [5.41, 5.74) is 9.85. The second-order valence-corrected chi connectivity index (χ2v) is 11.5. The number of hydrazone groups is 1. The third-order valence-electron chi connectivity index (χ3n) is 9.44. The van der Waals surface area contributed by atoms with Gasteiger partial charge >= 0.3 is 0 Å². The van der Waals surface area contributed by atoms with Crippen LogP contribution < -0.4 is 20.4 Å². The second-order valence-electron chi connectivity index (χ2n) is 11.1. The quantitative estimate of drug-likeness (QED) is 0.255. The molecule has 2 saturated carbocycles. The Labute approximate surface area is 223 Å². The molecule has 37 heavy (non-hydrogen) atoms. The highest BCUT2D eigenvalue weighted by Gasteiger charge is 2.62. The van der Waals surface area contributed by atoms with Gasteiger partial charge in [0.15, 0.2) is 11.5 Å². The van der Waals surface area contributed by atoms with Crippen molar-refractivity contribution < 1.29 is 19.8 Å². The van der Waals surface area contributed by atoms with Gasteiger partial charge in [0.1, 0.15) is 5.60 Å². The molecule has 0 saturated heterocycles. The topological polar surface area (TPSA) is 95.3 Å². The lowest BCUT2D eigenvalue weighted by molar-refractivity contribution is -0.0513. The van der Waals surface area contributed by atoms with Gasteiger partial charge in [-0.3, -0.25) is 10.6 Å². The lowest BCUT2D eigenvalue weighted by Crippen LogP contribution is -2.51. The number of rotatable bonds is 2. The Bertz CT molecular complexity index is 1310. The number of fused-ring (bicyclic) bond motifs is 5. The molecule has 1 aromatic rings. The largest absolute Gasteiger partial charge is 0.454 e. The maximum Gasteiger partial charge on any atom is 0.231 e. The van der Waals surface area contributed by atoms with Gasteiger partial charge in [0.25, 0.3) is 0 Å². The van der Waals surface area contributed by atoms with E-state index in [-0.39, 0.29) is 23.2 Å². The average Bonchev–Trinajstić information content (AvgIpc) is 3.48. The first-order chi connectivity index (χ1) is 17.9. The van der Waals surface area contributed by atoms with Crippen molar-refractivity contribution in [2.24, 2.45) is 22.4 Å². The summed E-state index contributed by atoms with van der Waals surface area (Å²) in [6.45, 7) is 4.36. The Morgan fingerprint density at radius 3 is 2.84 bits per heavy atom. The van der Waals surface area contributed by atoms with Crippen LogP contribution in [0.5, 0.6) is 11.5 Å². The van der Waals surface area contributed by atoms with E-state index in [0.29, 0.717) is 11.8 Å². The second kappa shape index (κ2) is 9.16. The van der Waals surface area contributed by atoms with Crippen LogP contribution in [0, 0.1) is 29.1 Å². The molecule has 194 valence electrons. The summed E-state index contributed by atoms with van der Waals surface area (Å²) in [6, 6.07) is 6.34. The maximum absolute atomic E-state index is 11.8. The highest BCUT2D eigenvalue weighted by atomic mass is 32.1. The van der Waals surface area contributed by atoms with Gasteiger partial charge in [-0.05, 0) is 111 Å². The van der Waals surface area contributed by atoms with Gasteiger partial charge in [0.05, 0.1) is 5.71 Å². The molecule has 0 bridgehead atoms. The predicted octanol–water partition coefficient (Wildman–Crippen LogP) is 4.71. The molecule has 8 heteroatoms. The van der Waals surface area contributed by atoms with Gasteiger partial charge in [0.2, 0.25) is 11.9 Å². The maximum atomic E-state index is 11.8. The molecule has 6 rings (SSSR count). The van der Waals surface area contributed by atoms with Crippen LogP contribution in [0.2, 0.25) is 0 Å². The van der Waals surface area contributed by atoms with Crippen LogP contribution in [0.1, 0.15) is 70.3 Å². The van der Waals surface area contributed by atoms with Crippen molar-refractivity contribution in [2.75, 3.05) is 6.79 Å². The Hall–Kier alpha value is -2.86. The highest BCUT2D eigenvalue weighted by Crippen LogP contribution is 2.66. The molecule has 4 N–H and O–H groups in total. The van der Waals surface area contributed by atoms with E-state index in [4.69, 9.17) is 26.9 Å². The predicted molar refractivity (Wildman–Crippen MR) is 144 cm³/mol. The minimum atomic E-state index is -0.968. The van der Waals surface area contributed by atoms with Crippen molar-refractivity contribution in [3.8, 4) is 23.3 Å². The fourth-order valence-corrected chi connectivity index (χ4v) is 7.80. The van der Waals surface area contributed by atoms with Gasteiger partial charge in [-0.15, -0.1) is 5.92 Å². The fourth-order valence-electron chi connectivity index (χ4n) is 7.75. The number of hydroxylamine groups is 1. The van der Waals surface area contributed by atoms with Crippen molar-refractivity contribution in [3.63, 3.8) is 0 Å². The van der Waals surface area contributed by atoms with Crippen LogP contribution in [0.25, 0.3) is 0 Å². The number of nitrogens with one attached hydrogen (secondary N) is 2. The zero-order valence-corrected chi connectivity index (χ0v) is 22.1. The van der Waals surface area contributed by atoms with E-state index in [1.807, 2.05) is 18.5 Å². The van der Waals surface area contributed by atoms with Gasteiger partial charge in [-0.25, -0.2) is 5.48 Å². The fraction of sp³-hybridized carbons (Fsp3) is 0.517. The number of ether oxygens (including phenoxy) is 2. The molecule has 0 radical (unpaired) electrons. The molecule has 2 fully saturated rings. The van der Waals surface area contributed by atoms with E-state index in [1.54, 1.807) is 0 Å². The summed E-state index contributed by atoms with van der Waals surface area (Å²) in [4.78, 5) is 0. The van der Waals surface area contributed by atoms with Crippen molar-refractivity contribution in [1.29, 1.82) is 0 Å². The van der Waals surface area contributed by atoms with Crippen LogP contribution in [0.4, 0.5) is 0 Å². The number of thiocarbonyl (C=S) groups is 1. The summed E-state index contributed by atoms with van der Waals surface area (Å²) in [6.07, 6.45) is 8.53. The summed E-state index contributed by atoms with van der Waals surface area (Å²) < 4.78 is 11.4. The minimum Gasteiger partial charge on any atom is -0.454 e. The monoisotopic (exact) mass is 519 g/mol. The third-order valence-corrected chi connectivity index (χ3v) is 9.62. The van der Waals surface area contributed by atoms with Crippen LogP contribution >= 0.6 is 12.2 Å². The van der Waals surface area contributed by atoms with Crippen molar-refractivity contribution in [1.82, 2.24) is 10.9 Å². The van der Waals surface area contributed by atoms with Crippen molar-refractivity contribution in [2.45, 2.75) is 70.3 Å². The van der Waals surface area contributed by atoms with Gasteiger partial charge in [-0.1, -0.05) is 24.5 Å². The first-order valence-electron chi connectivity index (χ1n) is 13.1. The minimum absolute atomic E-state index is 0.0806. The number of hydrogen-bond donors (Lipinski definition) is 4. The van der Waals surface area contributed by atoms with E-state index >= 15 is 0 Å². The molecule has 7 nitrogen and oxygen atoms in total. The molecule has 1 aliphatic heterocycles. The third kappa shape index (κ3) is 3.87. The molecule has 0 unspecified atom stereocenters. The lowest BCUT2D eigenvalue weighted by atomic mass is 9.51. The summed E-state index contributed by atoms with van der Waals surface area (Å²) in [5.74, 6) is 8.85. The van der Waals surface area contributed by atoms with E-state index < -0.39 is 5.60 Å². The zero-order chi connectivity index (χ0) is 25.8. The number of benzene rings is 1. The number of nitrogens with zero attached hydrogens (tertiary/aromatic N) is 1. The van der Waals surface area contributed by atoms with E-state index in [9.17, 15) is 5.11 Å². The van der Waals surface area contributed by atoms with E-state index in [2.05, 4.69) is 47.5 Å². The molecule has 1 heterocycles. The number of hydrogen-bond acceptors (Lipinski definition) is 6. The average molecular weight is 520 g/mol. The Kier molecular flexibility index (Phi) is 6.06. The molecule has 1 aromatic carbocycles. The normalized spacial score (nSPS) is 34.5. The van der Waals surface area contributed by atoms with Gasteiger partial charge in [-0.2, -0.15) is 5.10 Å². The van der Waals surface area contributed by atoms with Crippen molar-refractivity contribution in [3.05, 3.63) is 46.6 Å². The van der Waals surface area contributed by atoms with Gasteiger partial charge in [0, 0.05) is 11.3 Å². The highest BCUT2D eigenvalue weighted by molar-refractivity contribution is 7.80. The molecule has 5 atom stereocenters. The smallest absolute Gasteiger partial charge is 0.231 e. The Morgan fingerprint density at radius 2 is 2.03 bits per heavy atom. The van der Waals surface area contributed by atoms with Crippen LogP contribution in [-0.4, -0.2) is 33.5 Å².